The quantitative estimate of drug-likeness (QED) is 0.848. The fraction of sp³-hybridized carbons (Fsp3) is 0.462. The van der Waals surface area contributed by atoms with Crippen molar-refractivity contribution in [2.24, 2.45) is 0 Å². The Morgan fingerprint density at radius 3 is 2.70 bits per heavy atom. The van der Waals surface area contributed by atoms with E-state index in [2.05, 4.69) is 43.1 Å². The molecule has 0 unspecified atom stereocenters. The van der Waals surface area contributed by atoms with E-state index in [-0.39, 0.29) is 6.10 Å². The van der Waals surface area contributed by atoms with Crippen molar-refractivity contribution in [3.8, 4) is 17.4 Å². The van der Waals surface area contributed by atoms with Crippen LogP contribution in [0.5, 0.6) is 6.01 Å². The maximum absolute atomic E-state index is 5.60. The molecular weight excluding hydrogens is 340 g/mol. The lowest BCUT2D eigenvalue weighted by molar-refractivity contribution is 0.222. The summed E-state index contributed by atoms with van der Waals surface area (Å²) in [6.07, 6.45) is 1.03. The summed E-state index contributed by atoms with van der Waals surface area (Å²) >= 11 is 5.10. The van der Waals surface area contributed by atoms with Gasteiger partial charge in [-0.3, -0.25) is 0 Å². The highest BCUT2D eigenvalue weighted by Gasteiger charge is 2.13. The summed E-state index contributed by atoms with van der Waals surface area (Å²) < 4.78 is 6.58. The fourth-order valence-electron chi connectivity index (χ4n) is 1.50. The number of nitrogens with zero attached hydrogens (tertiary/aromatic N) is 3. The lowest BCUT2D eigenvalue weighted by Gasteiger charge is -2.11. The van der Waals surface area contributed by atoms with Gasteiger partial charge in [0, 0.05) is 27.3 Å². The molecule has 108 valence electrons. The molecule has 2 rings (SSSR count). The number of hydrogen-bond acceptors (Lipinski definition) is 6. The zero-order chi connectivity index (χ0) is 14.5. The van der Waals surface area contributed by atoms with Crippen molar-refractivity contribution >= 4 is 33.2 Å². The van der Waals surface area contributed by atoms with Crippen LogP contribution in [0, 0.1) is 0 Å². The van der Waals surface area contributed by atoms with Crippen LogP contribution in [0.15, 0.2) is 15.2 Å². The van der Waals surface area contributed by atoms with Gasteiger partial charge in [-0.1, -0.05) is 6.92 Å². The zero-order valence-corrected chi connectivity index (χ0v) is 14.1. The first kappa shape index (κ1) is 15.2. The monoisotopic (exact) mass is 356 g/mol. The molecule has 5 nitrogen and oxygen atoms in total. The minimum absolute atomic E-state index is 0.0233. The minimum Gasteiger partial charge on any atom is -0.461 e. The predicted molar refractivity (Wildman–Crippen MR) is 85.4 cm³/mol. The van der Waals surface area contributed by atoms with Gasteiger partial charge in [0.05, 0.1) is 6.10 Å². The summed E-state index contributed by atoms with van der Waals surface area (Å²) in [5, 5.41) is 7.18. The highest BCUT2D eigenvalue weighted by Crippen LogP contribution is 2.30. The molecule has 1 N–H and O–H groups in total. The van der Waals surface area contributed by atoms with E-state index in [1.807, 2.05) is 24.6 Å². The highest BCUT2D eigenvalue weighted by molar-refractivity contribution is 9.10. The Balaban J connectivity index is 2.37. The van der Waals surface area contributed by atoms with Crippen molar-refractivity contribution in [3.63, 3.8) is 0 Å². The second-order valence-electron chi connectivity index (χ2n) is 4.49. The molecule has 0 radical (unpaired) electrons. The lowest BCUT2D eigenvalue weighted by atomic mass is 10.3. The lowest BCUT2D eigenvalue weighted by Crippen LogP contribution is -2.12. The molecule has 0 aromatic carbocycles. The molecule has 0 aliphatic carbocycles. The Hall–Kier alpha value is -1.21. The largest absolute Gasteiger partial charge is 0.461 e. The first-order valence-electron chi connectivity index (χ1n) is 6.48. The van der Waals surface area contributed by atoms with Crippen LogP contribution in [0.2, 0.25) is 0 Å². The molecule has 20 heavy (non-hydrogen) atoms. The first-order valence-corrected chi connectivity index (χ1v) is 8.22. The third-order valence-corrected chi connectivity index (χ3v) is 4.05. The number of aromatic nitrogens is 3. The Kier molecular flexibility index (Phi) is 5.31. The third kappa shape index (κ3) is 3.89. The number of ether oxygens (including phenoxy) is 1. The molecule has 0 amide bonds. The van der Waals surface area contributed by atoms with Crippen LogP contribution in [0.3, 0.4) is 0 Å². The van der Waals surface area contributed by atoms with E-state index in [9.17, 15) is 0 Å². The van der Waals surface area contributed by atoms with Gasteiger partial charge in [-0.25, -0.2) is 0 Å². The molecule has 0 fully saturated rings. The Morgan fingerprint density at radius 2 is 2.10 bits per heavy atom. The number of rotatable bonds is 6. The van der Waals surface area contributed by atoms with E-state index in [0.717, 1.165) is 23.0 Å². The second kappa shape index (κ2) is 6.99. The summed E-state index contributed by atoms with van der Waals surface area (Å²) in [7, 11) is 0. The molecule has 7 heteroatoms. The average Bonchev–Trinajstić information content (AvgIpc) is 2.81. The van der Waals surface area contributed by atoms with Crippen molar-refractivity contribution in [3.05, 3.63) is 15.2 Å². The first-order chi connectivity index (χ1) is 9.60. The van der Waals surface area contributed by atoms with Crippen molar-refractivity contribution < 1.29 is 4.74 Å². The molecule has 0 saturated carbocycles. The van der Waals surface area contributed by atoms with E-state index in [1.165, 1.54) is 0 Å². The van der Waals surface area contributed by atoms with Gasteiger partial charge >= 0.3 is 6.01 Å². The van der Waals surface area contributed by atoms with Gasteiger partial charge in [0.2, 0.25) is 5.95 Å². The highest BCUT2D eigenvalue weighted by atomic mass is 79.9. The van der Waals surface area contributed by atoms with Crippen LogP contribution >= 0.6 is 27.3 Å². The average molecular weight is 357 g/mol. The van der Waals surface area contributed by atoms with Crippen LogP contribution in [-0.4, -0.2) is 27.6 Å². The number of anilines is 1. The molecule has 0 saturated heterocycles. The topological polar surface area (TPSA) is 59.9 Å². The van der Waals surface area contributed by atoms with Gasteiger partial charge in [-0.2, -0.15) is 26.3 Å². The zero-order valence-electron chi connectivity index (χ0n) is 11.7. The normalized spacial score (nSPS) is 10.8. The Labute approximate surface area is 131 Å². The van der Waals surface area contributed by atoms with Crippen LogP contribution in [0.25, 0.3) is 11.4 Å². The number of thiophene rings is 1. The van der Waals surface area contributed by atoms with Crippen molar-refractivity contribution in [2.75, 3.05) is 11.9 Å². The van der Waals surface area contributed by atoms with Crippen LogP contribution in [0.4, 0.5) is 5.95 Å². The van der Waals surface area contributed by atoms with Crippen LogP contribution < -0.4 is 10.1 Å². The second-order valence-corrected chi connectivity index (χ2v) is 6.09. The Bertz CT molecular complexity index is 573. The van der Waals surface area contributed by atoms with Crippen molar-refractivity contribution in [2.45, 2.75) is 33.3 Å². The van der Waals surface area contributed by atoms with Gasteiger partial charge < -0.3 is 10.1 Å². The van der Waals surface area contributed by atoms with Gasteiger partial charge in [-0.15, -0.1) is 0 Å². The molecule has 0 spiro atoms. The summed E-state index contributed by atoms with van der Waals surface area (Å²) in [5.41, 5.74) is 0.950. The Morgan fingerprint density at radius 1 is 1.30 bits per heavy atom. The van der Waals surface area contributed by atoms with Crippen molar-refractivity contribution in [1.82, 2.24) is 15.0 Å². The minimum atomic E-state index is 0.0233. The molecule has 2 aromatic heterocycles. The molecule has 0 aliphatic heterocycles. The van der Waals surface area contributed by atoms with E-state index in [0.29, 0.717) is 17.8 Å². The number of halogens is 1. The van der Waals surface area contributed by atoms with E-state index in [4.69, 9.17) is 4.74 Å². The van der Waals surface area contributed by atoms with Gasteiger partial charge in [0.25, 0.3) is 0 Å². The smallest absolute Gasteiger partial charge is 0.322 e. The number of nitrogens with one attached hydrogen (secondary N) is 1. The third-order valence-electron chi connectivity index (χ3n) is 2.34. The number of hydrogen-bond donors (Lipinski definition) is 1. The predicted octanol–water partition coefficient (Wildman–Crippen LogP) is 3.97. The summed E-state index contributed by atoms with van der Waals surface area (Å²) in [5.74, 6) is 1.16. The summed E-state index contributed by atoms with van der Waals surface area (Å²) in [6.45, 7) is 6.80. The van der Waals surface area contributed by atoms with Gasteiger partial charge in [-0.05, 0) is 36.2 Å². The molecule has 2 aromatic rings. The van der Waals surface area contributed by atoms with Crippen LogP contribution in [-0.2, 0) is 0 Å². The summed E-state index contributed by atoms with van der Waals surface area (Å²) in [4.78, 5) is 13.1. The molecule has 0 bridgehead atoms. The SMILES string of the molecule is CCCNc1nc(OC(C)C)nc(-c2cscc2Br)n1. The van der Waals surface area contributed by atoms with E-state index in [1.54, 1.807) is 11.3 Å². The summed E-state index contributed by atoms with van der Waals surface area (Å²) in [6, 6.07) is 0.349. The molecular formula is C13H17BrN4OS. The standard InChI is InChI=1S/C13H17BrN4OS/c1-4-5-15-12-16-11(9-6-20-7-10(9)14)17-13(18-12)19-8(2)3/h6-8H,4-5H2,1-3H3,(H,15,16,17,18). The maximum Gasteiger partial charge on any atom is 0.322 e. The van der Waals surface area contributed by atoms with Crippen molar-refractivity contribution in [1.29, 1.82) is 0 Å². The van der Waals surface area contributed by atoms with E-state index < -0.39 is 0 Å². The molecule has 0 atom stereocenters. The van der Waals surface area contributed by atoms with Gasteiger partial charge in [0.15, 0.2) is 5.82 Å². The van der Waals surface area contributed by atoms with Crippen LogP contribution in [0.1, 0.15) is 27.2 Å². The fourth-order valence-corrected chi connectivity index (χ4v) is 2.95. The molecule has 0 aliphatic rings. The van der Waals surface area contributed by atoms with E-state index >= 15 is 0 Å². The maximum atomic E-state index is 5.60. The molecule has 2 heterocycles. The van der Waals surface area contributed by atoms with Gasteiger partial charge in [0.1, 0.15) is 0 Å².